The number of rotatable bonds is 4. The van der Waals surface area contributed by atoms with Crippen molar-refractivity contribution in [1.82, 2.24) is 9.97 Å². The van der Waals surface area contributed by atoms with Gasteiger partial charge in [0.2, 0.25) is 0 Å². The van der Waals surface area contributed by atoms with Crippen molar-refractivity contribution in [3.05, 3.63) is 54.0 Å². The molecule has 6 heteroatoms. The van der Waals surface area contributed by atoms with E-state index in [9.17, 15) is 4.79 Å². The minimum Gasteiger partial charge on any atom is -0.444 e. The number of carbonyl (C=O) groups is 1. The molecule has 0 aliphatic rings. The maximum atomic E-state index is 11.5. The van der Waals surface area contributed by atoms with E-state index in [1.165, 1.54) is 12.4 Å². The highest BCUT2D eigenvalue weighted by atomic mass is 16.5. The number of hydrogen-bond acceptors (Lipinski definition) is 5. The highest BCUT2D eigenvalue weighted by Gasteiger charge is 2.05. The van der Waals surface area contributed by atoms with E-state index in [1.54, 1.807) is 0 Å². The standard InChI is InChI=1S/C13H13N3O3/c17-8-11-6-15-12(7-14-11)16-13(18)19-9-10-4-2-1-3-5-10/h1-7,17H,8-9H2,(H,15,16,18). The van der Waals surface area contributed by atoms with Gasteiger partial charge in [-0.05, 0) is 5.56 Å². The van der Waals surface area contributed by atoms with Gasteiger partial charge in [0.15, 0.2) is 5.82 Å². The molecule has 0 fully saturated rings. The Labute approximate surface area is 110 Å². The molecule has 2 N–H and O–H groups in total. The monoisotopic (exact) mass is 259 g/mol. The van der Waals surface area contributed by atoms with Gasteiger partial charge in [-0.15, -0.1) is 0 Å². The summed E-state index contributed by atoms with van der Waals surface area (Å²) >= 11 is 0. The minimum absolute atomic E-state index is 0.189. The summed E-state index contributed by atoms with van der Waals surface area (Å²) in [5.41, 5.74) is 1.34. The molecule has 0 radical (unpaired) electrons. The molecular weight excluding hydrogens is 246 g/mol. The van der Waals surface area contributed by atoms with Gasteiger partial charge in [0, 0.05) is 0 Å². The van der Waals surface area contributed by atoms with Crippen molar-refractivity contribution >= 4 is 11.9 Å². The topological polar surface area (TPSA) is 84.3 Å². The third kappa shape index (κ3) is 4.04. The van der Waals surface area contributed by atoms with Crippen molar-refractivity contribution < 1.29 is 14.6 Å². The van der Waals surface area contributed by atoms with Gasteiger partial charge in [-0.3, -0.25) is 10.3 Å². The largest absolute Gasteiger partial charge is 0.444 e. The van der Waals surface area contributed by atoms with Gasteiger partial charge in [-0.2, -0.15) is 0 Å². The zero-order valence-electron chi connectivity index (χ0n) is 10.1. The highest BCUT2D eigenvalue weighted by Crippen LogP contribution is 2.04. The number of nitrogens with zero attached hydrogens (tertiary/aromatic N) is 2. The number of aliphatic hydroxyl groups is 1. The van der Waals surface area contributed by atoms with Crippen LogP contribution in [0, 0.1) is 0 Å². The van der Waals surface area contributed by atoms with E-state index in [-0.39, 0.29) is 19.0 Å². The van der Waals surface area contributed by atoms with Crippen molar-refractivity contribution in [1.29, 1.82) is 0 Å². The fourth-order valence-electron chi connectivity index (χ4n) is 1.36. The van der Waals surface area contributed by atoms with Crippen molar-refractivity contribution in [2.24, 2.45) is 0 Å². The van der Waals surface area contributed by atoms with E-state index >= 15 is 0 Å². The van der Waals surface area contributed by atoms with Crippen LogP contribution in [0.25, 0.3) is 0 Å². The fourth-order valence-corrected chi connectivity index (χ4v) is 1.36. The van der Waals surface area contributed by atoms with Crippen LogP contribution in [-0.4, -0.2) is 21.2 Å². The average molecular weight is 259 g/mol. The number of nitrogens with one attached hydrogen (secondary N) is 1. The first-order chi connectivity index (χ1) is 9.28. The third-order valence-electron chi connectivity index (χ3n) is 2.31. The molecule has 0 aliphatic carbocycles. The van der Waals surface area contributed by atoms with Crippen LogP contribution in [0.1, 0.15) is 11.3 Å². The molecular formula is C13H13N3O3. The predicted octanol–water partition coefficient (Wildman–Crippen LogP) is 1.72. The van der Waals surface area contributed by atoms with Gasteiger partial charge in [0.1, 0.15) is 6.61 Å². The summed E-state index contributed by atoms with van der Waals surface area (Å²) in [4.78, 5) is 19.3. The summed E-state index contributed by atoms with van der Waals surface area (Å²) in [6, 6.07) is 9.36. The second-order valence-electron chi connectivity index (χ2n) is 3.74. The first kappa shape index (κ1) is 13.0. The lowest BCUT2D eigenvalue weighted by Gasteiger charge is -2.06. The normalized spacial score (nSPS) is 9.95. The van der Waals surface area contributed by atoms with Crippen LogP contribution in [-0.2, 0) is 18.0 Å². The van der Waals surface area contributed by atoms with Gasteiger partial charge in [-0.1, -0.05) is 30.3 Å². The number of ether oxygens (including phenoxy) is 1. The van der Waals surface area contributed by atoms with E-state index in [0.717, 1.165) is 5.56 Å². The molecule has 0 aliphatic heterocycles. The molecule has 98 valence electrons. The molecule has 0 atom stereocenters. The average Bonchev–Trinajstić information content (AvgIpc) is 2.47. The second kappa shape index (κ2) is 6.46. The number of benzene rings is 1. The molecule has 2 aromatic rings. The maximum absolute atomic E-state index is 11.5. The first-order valence-corrected chi connectivity index (χ1v) is 5.67. The predicted molar refractivity (Wildman–Crippen MR) is 68.2 cm³/mol. The Bertz CT molecular complexity index is 529. The Morgan fingerprint density at radius 2 is 2.00 bits per heavy atom. The summed E-state index contributed by atoms with van der Waals surface area (Å²) in [6.07, 6.45) is 2.14. The van der Waals surface area contributed by atoms with Crippen LogP contribution in [0.2, 0.25) is 0 Å². The van der Waals surface area contributed by atoms with Gasteiger partial charge in [0.05, 0.1) is 24.7 Å². The third-order valence-corrected chi connectivity index (χ3v) is 2.31. The summed E-state index contributed by atoms with van der Waals surface area (Å²) < 4.78 is 5.02. The van der Waals surface area contributed by atoms with Crippen LogP contribution >= 0.6 is 0 Å². The van der Waals surface area contributed by atoms with E-state index < -0.39 is 6.09 Å². The van der Waals surface area contributed by atoms with Crippen LogP contribution in [0.3, 0.4) is 0 Å². The van der Waals surface area contributed by atoms with E-state index in [2.05, 4.69) is 15.3 Å². The summed E-state index contributed by atoms with van der Waals surface area (Å²) in [6.45, 7) is 0.000555. The number of aromatic nitrogens is 2. The van der Waals surface area contributed by atoms with Crippen molar-refractivity contribution in [2.45, 2.75) is 13.2 Å². The Kier molecular flexibility index (Phi) is 4.41. The van der Waals surface area contributed by atoms with Crippen LogP contribution in [0.4, 0.5) is 10.6 Å². The number of aliphatic hydroxyl groups excluding tert-OH is 1. The Hall–Kier alpha value is -2.47. The number of amides is 1. The molecule has 1 aromatic heterocycles. The summed E-state index contributed by atoms with van der Waals surface area (Å²) in [7, 11) is 0. The number of anilines is 1. The molecule has 2 rings (SSSR count). The van der Waals surface area contributed by atoms with Crippen molar-refractivity contribution in [3.8, 4) is 0 Å². The molecule has 19 heavy (non-hydrogen) atoms. The lowest BCUT2D eigenvalue weighted by Crippen LogP contribution is -2.14. The minimum atomic E-state index is -0.602. The quantitative estimate of drug-likeness (QED) is 0.873. The molecule has 1 heterocycles. The molecule has 1 aromatic carbocycles. The molecule has 1 amide bonds. The van der Waals surface area contributed by atoms with E-state index in [1.807, 2.05) is 30.3 Å². The van der Waals surface area contributed by atoms with Gasteiger partial charge >= 0.3 is 6.09 Å². The lowest BCUT2D eigenvalue weighted by molar-refractivity contribution is 0.155. The smallest absolute Gasteiger partial charge is 0.413 e. The lowest BCUT2D eigenvalue weighted by atomic mass is 10.2. The molecule has 0 spiro atoms. The van der Waals surface area contributed by atoms with Crippen molar-refractivity contribution in [2.75, 3.05) is 5.32 Å². The van der Waals surface area contributed by atoms with Gasteiger partial charge in [-0.25, -0.2) is 9.78 Å². The van der Waals surface area contributed by atoms with Gasteiger partial charge in [0.25, 0.3) is 0 Å². The fraction of sp³-hybridized carbons (Fsp3) is 0.154. The maximum Gasteiger partial charge on any atom is 0.413 e. The molecule has 0 unspecified atom stereocenters. The molecule has 0 saturated carbocycles. The second-order valence-corrected chi connectivity index (χ2v) is 3.74. The number of carbonyl (C=O) groups excluding carboxylic acids is 1. The van der Waals surface area contributed by atoms with Crippen LogP contribution < -0.4 is 5.32 Å². The molecule has 0 bridgehead atoms. The number of hydrogen-bond donors (Lipinski definition) is 2. The van der Waals surface area contributed by atoms with Crippen LogP contribution in [0.15, 0.2) is 42.7 Å². The van der Waals surface area contributed by atoms with Crippen LogP contribution in [0.5, 0.6) is 0 Å². The van der Waals surface area contributed by atoms with E-state index in [0.29, 0.717) is 5.69 Å². The Morgan fingerprint density at radius 1 is 1.21 bits per heavy atom. The van der Waals surface area contributed by atoms with Gasteiger partial charge < -0.3 is 9.84 Å². The molecule has 0 saturated heterocycles. The Balaban J connectivity index is 1.83. The van der Waals surface area contributed by atoms with E-state index in [4.69, 9.17) is 9.84 Å². The highest BCUT2D eigenvalue weighted by molar-refractivity contribution is 5.82. The zero-order valence-corrected chi connectivity index (χ0v) is 10.1. The first-order valence-electron chi connectivity index (χ1n) is 5.67. The Morgan fingerprint density at radius 3 is 2.63 bits per heavy atom. The van der Waals surface area contributed by atoms with Crippen molar-refractivity contribution in [3.63, 3.8) is 0 Å². The summed E-state index contributed by atoms with van der Waals surface area (Å²) in [5.74, 6) is 0.273. The summed E-state index contributed by atoms with van der Waals surface area (Å²) in [5, 5.41) is 11.3. The zero-order chi connectivity index (χ0) is 13.5. The molecule has 6 nitrogen and oxygen atoms in total. The SMILES string of the molecule is O=C(Nc1cnc(CO)cn1)OCc1ccccc1.